The van der Waals surface area contributed by atoms with Gasteiger partial charge in [0, 0.05) is 37.2 Å². The lowest BCUT2D eigenvalue weighted by Crippen LogP contribution is -2.31. The fraction of sp³-hybridized carbons (Fsp3) is 0.562. The Labute approximate surface area is 126 Å². The van der Waals surface area contributed by atoms with E-state index in [1.165, 1.54) is 0 Å². The van der Waals surface area contributed by atoms with Gasteiger partial charge in [0.05, 0.1) is 7.11 Å². The SMILES string of the molecule is COc1ccc(C(C)NCCC(=O)NCC(C)C)c(O)c1. The molecule has 1 aromatic rings. The van der Waals surface area contributed by atoms with Crippen molar-refractivity contribution in [1.29, 1.82) is 0 Å². The van der Waals surface area contributed by atoms with Crippen molar-refractivity contribution in [2.75, 3.05) is 20.2 Å². The molecule has 0 aliphatic carbocycles. The Bertz CT molecular complexity index is 461. The fourth-order valence-corrected chi connectivity index (χ4v) is 1.94. The van der Waals surface area contributed by atoms with E-state index in [4.69, 9.17) is 4.74 Å². The van der Waals surface area contributed by atoms with Gasteiger partial charge in [-0.05, 0) is 18.9 Å². The highest BCUT2D eigenvalue weighted by molar-refractivity contribution is 5.76. The molecular weight excluding hydrogens is 268 g/mol. The number of benzene rings is 1. The third-order valence-corrected chi connectivity index (χ3v) is 3.21. The summed E-state index contributed by atoms with van der Waals surface area (Å²) in [5.74, 6) is 1.31. The van der Waals surface area contributed by atoms with Gasteiger partial charge in [0.25, 0.3) is 0 Å². The second-order valence-electron chi connectivity index (χ2n) is 5.55. The summed E-state index contributed by atoms with van der Waals surface area (Å²) in [5.41, 5.74) is 0.790. The van der Waals surface area contributed by atoms with E-state index in [1.54, 1.807) is 13.2 Å². The molecule has 0 heterocycles. The van der Waals surface area contributed by atoms with Crippen molar-refractivity contribution < 1.29 is 14.6 Å². The van der Waals surface area contributed by atoms with E-state index in [0.717, 1.165) is 5.56 Å². The minimum Gasteiger partial charge on any atom is -0.507 e. The number of aromatic hydroxyl groups is 1. The van der Waals surface area contributed by atoms with Crippen LogP contribution in [0.2, 0.25) is 0 Å². The molecule has 118 valence electrons. The molecule has 5 nitrogen and oxygen atoms in total. The number of carbonyl (C=O) groups is 1. The standard InChI is InChI=1S/C16H26N2O3/c1-11(2)10-18-16(20)7-8-17-12(3)14-6-5-13(21-4)9-15(14)19/h5-6,9,11-12,17,19H,7-8,10H2,1-4H3,(H,18,20). The van der Waals surface area contributed by atoms with Gasteiger partial charge in [0.1, 0.15) is 11.5 Å². The number of hydrogen-bond acceptors (Lipinski definition) is 4. The van der Waals surface area contributed by atoms with Gasteiger partial charge in [0.2, 0.25) is 5.91 Å². The van der Waals surface area contributed by atoms with Crippen molar-refractivity contribution in [1.82, 2.24) is 10.6 Å². The zero-order valence-electron chi connectivity index (χ0n) is 13.3. The molecule has 1 amide bonds. The number of methoxy groups -OCH3 is 1. The average molecular weight is 294 g/mol. The Morgan fingerprint density at radius 2 is 2.05 bits per heavy atom. The number of carbonyl (C=O) groups excluding carboxylic acids is 1. The van der Waals surface area contributed by atoms with Crippen LogP contribution in [0.25, 0.3) is 0 Å². The maximum absolute atomic E-state index is 11.6. The molecule has 3 N–H and O–H groups in total. The average Bonchev–Trinajstić information content (AvgIpc) is 2.44. The maximum atomic E-state index is 11.6. The first-order valence-electron chi connectivity index (χ1n) is 7.31. The van der Waals surface area contributed by atoms with Gasteiger partial charge in [0.15, 0.2) is 0 Å². The van der Waals surface area contributed by atoms with Crippen molar-refractivity contribution in [3.8, 4) is 11.5 Å². The van der Waals surface area contributed by atoms with Crippen molar-refractivity contribution in [2.24, 2.45) is 5.92 Å². The summed E-state index contributed by atoms with van der Waals surface area (Å²) in [4.78, 5) is 11.6. The summed E-state index contributed by atoms with van der Waals surface area (Å²) in [5, 5.41) is 16.1. The second-order valence-corrected chi connectivity index (χ2v) is 5.55. The molecule has 1 rings (SSSR count). The summed E-state index contributed by atoms with van der Waals surface area (Å²) in [6.07, 6.45) is 0.425. The first-order valence-corrected chi connectivity index (χ1v) is 7.31. The summed E-state index contributed by atoms with van der Waals surface area (Å²) in [7, 11) is 1.56. The van der Waals surface area contributed by atoms with Gasteiger partial charge < -0.3 is 20.5 Å². The number of rotatable bonds is 8. The van der Waals surface area contributed by atoms with Crippen molar-refractivity contribution in [3.05, 3.63) is 23.8 Å². The van der Waals surface area contributed by atoms with Crippen LogP contribution in [0.3, 0.4) is 0 Å². The van der Waals surface area contributed by atoms with Crippen molar-refractivity contribution in [3.63, 3.8) is 0 Å². The molecule has 0 radical (unpaired) electrons. The van der Waals surface area contributed by atoms with E-state index in [0.29, 0.717) is 31.2 Å². The third kappa shape index (κ3) is 6.04. The predicted molar refractivity (Wildman–Crippen MR) is 83.5 cm³/mol. The van der Waals surface area contributed by atoms with Crippen LogP contribution < -0.4 is 15.4 Å². The zero-order valence-corrected chi connectivity index (χ0v) is 13.3. The number of phenolic OH excluding ortho intramolecular Hbond substituents is 1. The Kier molecular flexibility index (Phi) is 7.02. The summed E-state index contributed by atoms with van der Waals surface area (Å²) < 4.78 is 5.06. The molecule has 0 bridgehead atoms. The highest BCUT2D eigenvalue weighted by atomic mass is 16.5. The lowest BCUT2D eigenvalue weighted by molar-refractivity contribution is -0.121. The minimum atomic E-state index is -0.0335. The third-order valence-electron chi connectivity index (χ3n) is 3.21. The lowest BCUT2D eigenvalue weighted by Gasteiger charge is -2.16. The molecule has 0 aliphatic rings. The Morgan fingerprint density at radius 3 is 2.62 bits per heavy atom. The van der Waals surface area contributed by atoms with E-state index in [-0.39, 0.29) is 17.7 Å². The van der Waals surface area contributed by atoms with Crippen LogP contribution in [0, 0.1) is 5.92 Å². The van der Waals surface area contributed by atoms with Crippen LogP contribution in [0.1, 0.15) is 38.8 Å². The predicted octanol–water partition coefficient (Wildman–Crippen LogP) is 2.21. The van der Waals surface area contributed by atoms with E-state index >= 15 is 0 Å². The van der Waals surface area contributed by atoms with Crippen LogP contribution >= 0.6 is 0 Å². The van der Waals surface area contributed by atoms with Crippen LogP contribution in [0.4, 0.5) is 0 Å². The van der Waals surface area contributed by atoms with Gasteiger partial charge in [-0.15, -0.1) is 0 Å². The highest BCUT2D eigenvalue weighted by Gasteiger charge is 2.11. The molecule has 5 heteroatoms. The topological polar surface area (TPSA) is 70.6 Å². The maximum Gasteiger partial charge on any atom is 0.221 e. The number of amides is 1. The highest BCUT2D eigenvalue weighted by Crippen LogP contribution is 2.28. The Morgan fingerprint density at radius 1 is 1.33 bits per heavy atom. The van der Waals surface area contributed by atoms with Gasteiger partial charge in [-0.1, -0.05) is 19.9 Å². The van der Waals surface area contributed by atoms with Crippen molar-refractivity contribution in [2.45, 2.75) is 33.2 Å². The lowest BCUT2D eigenvalue weighted by atomic mass is 10.1. The molecule has 0 aromatic heterocycles. The smallest absolute Gasteiger partial charge is 0.221 e. The summed E-state index contributed by atoms with van der Waals surface area (Å²) in [6, 6.07) is 5.18. The van der Waals surface area contributed by atoms with E-state index in [9.17, 15) is 9.90 Å². The summed E-state index contributed by atoms with van der Waals surface area (Å²) >= 11 is 0. The monoisotopic (exact) mass is 294 g/mol. The van der Waals surface area contributed by atoms with Gasteiger partial charge >= 0.3 is 0 Å². The number of nitrogens with one attached hydrogen (secondary N) is 2. The largest absolute Gasteiger partial charge is 0.507 e. The van der Waals surface area contributed by atoms with Crippen LogP contribution in [0.15, 0.2) is 18.2 Å². The molecule has 0 aliphatic heterocycles. The van der Waals surface area contributed by atoms with Crippen LogP contribution in [-0.4, -0.2) is 31.2 Å². The van der Waals surface area contributed by atoms with E-state index in [2.05, 4.69) is 24.5 Å². The minimum absolute atomic E-state index is 0.0335. The Hall–Kier alpha value is -1.75. The fourth-order valence-electron chi connectivity index (χ4n) is 1.94. The van der Waals surface area contributed by atoms with E-state index < -0.39 is 0 Å². The molecule has 21 heavy (non-hydrogen) atoms. The molecular formula is C16H26N2O3. The quantitative estimate of drug-likeness (QED) is 0.687. The van der Waals surface area contributed by atoms with Gasteiger partial charge in [-0.25, -0.2) is 0 Å². The van der Waals surface area contributed by atoms with Crippen LogP contribution in [0.5, 0.6) is 11.5 Å². The van der Waals surface area contributed by atoms with E-state index in [1.807, 2.05) is 19.1 Å². The molecule has 1 unspecified atom stereocenters. The zero-order chi connectivity index (χ0) is 15.8. The first kappa shape index (κ1) is 17.3. The summed E-state index contributed by atoms with van der Waals surface area (Å²) in [6.45, 7) is 7.35. The number of phenols is 1. The van der Waals surface area contributed by atoms with Gasteiger partial charge in [-0.3, -0.25) is 4.79 Å². The normalized spacial score (nSPS) is 12.2. The Balaban J connectivity index is 2.40. The van der Waals surface area contributed by atoms with Crippen molar-refractivity contribution >= 4 is 5.91 Å². The molecule has 0 saturated heterocycles. The number of ether oxygens (including phenoxy) is 1. The molecule has 0 spiro atoms. The number of hydrogen-bond donors (Lipinski definition) is 3. The van der Waals surface area contributed by atoms with Gasteiger partial charge in [-0.2, -0.15) is 0 Å². The second kappa shape index (κ2) is 8.52. The molecule has 0 saturated carbocycles. The first-order chi connectivity index (χ1) is 9.93. The molecule has 1 atom stereocenters. The van der Waals surface area contributed by atoms with Crippen LogP contribution in [-0.2, 0) is 4.79 Å². The molecule has 1 aromatic carbocycles. The molecule has 0 fully saturated rings.